The van der Waals surface area contributed by atoms with Gasteiger partial charge in [-0.15, -0.1) is 0 Å². The second-order valence-corrected chi connectivity index (χ2v) is 7.48. The minimum atomic E-state index is -0.487. The van der Waals surface area contributed by atoms with Crippen LogP contribution in [0.4, 0.5) is 14.6 Å². The maximum Gasteiger partial charge on any atom is 0.410 e. The minimum Gasteiger partial charge on any atom is -0.444 e. The van der Waals surface area contributed by atoms with Crippen LogP contribution in [0.5, 0.6) is 0 Å². The van der Waals surface area contributed by atoms with Crippen LogP contribution in [0, 0.1) is 6.92 Å². The molecule has 2 N–H and O–H groups in total. The molecule has 128 valence electrons. The van der Waals surface area contributed by atoms with Gasteiger partial charge in [-0.1, -0.05) is 0 Å². The minimum absolute atomic E-state index is 0.0581. The summed E-state index contributed by atoms with van der Waals surface area (Å²) in [5.41, 5.74) is 0.398. The summed E-state index contributed by atoms with van der Waals surface area (Å²) in [4.78, 5) is 25.6. The lowest BCUT2D eigenvalue weighted by Gasteiger charge is -2.33. The largest absolute Gasteiger partial charge is 0.444 e. The molecule has 1 aliphatic rings. The number of likely N-dealkylation sites (tertiary alicyclic amines) is 1. The van der Waals surface area contributed by atoms with E-state index in [4.69, 9.17) is 4.74 Å². The van der Waals surface area contributed by atoms with Crippen LogP contribution in [0.25, 0.3) is 0 Å². The van der Waals surface area contributed by atoms with Crippen molar-refractivity contribution in [3.63, 3.8) is 0 Å². The fraction of sp³-hybridized carbons (Fsp3) is 0.667. The number of carbonyl (C=O) groups excluding carboxylic acids is 2. The Labute approximate surface area is 140 Å². The number of nitrogens with zero attached hydrogens (tertiary/aromatic N) is 2. The molecular weight excluding hydrogens is 316 g/mol. The number of amides is 3. The zero-order valence-corrected chi connectivity index (χ0v) is 14.8. The standard InChI is InChI=1S/C15H24N4O3S/c1-10-9-12(23-18-10)17-13(20)16-11-5-7-19(8-6-11)14(21)22-15(2,3)4/h9,11H,5-8H2,1-4H3,(H2,16,17,20). The van der Waals surface area contributed by atoms with Crippen molar-refractivity contribution in [1.82, 2.24) is 14.6 Å². The normalized spacial score (nSPS) is 16.1. The van der Waals surface area contributed by atoms with Crippen LogP contribution in [0.15, 0.2) is 6.07 Å². The number of hydrogen-bond acceptors (Lipinski definition) is 5. The van der Waals surface area contributed by atoms with Gasteiger partial charge in [-0.3, -0.25) is 5.32 Å². The second kappa shape index (κ2) is 7.16. The van der Waals surface area contributed by atoms with Gasteiger partial charge in [-0.05, 0) is 58.1 Å². The maximum absolute atomic E-state index is 12.0. The van der Waals surface area contributed by atoms with E-state index in [9.17, 15) is 9.59 Å². The molecule has 0 radical (unpaired) electrons. The highest BCUT2D eigenvalue weighted by molar-refractivity contribution is 7.10. The zero-order valence-electron chi connectivity index (χ0n) is 14.0. The highest BCUT2D eigenvalue weighted by Crippen LogP contribution is 2.17. The van der Waals surface area contributed by atoms with Crippen molar-refractivity contribution in [2.24, 2.45) is 0 Å². The predicted molar refractivity (Wildman–Crippen MR) is 89.8 cm³/mol. The average Bonchev–Trinajstić information content (AvgIpc) is 2.82. The zero-order chi connectivity index (χ0) is 17.0. The number of nitrogens with one attached hydrogen (secondary N) is 2. The quantitative estimate of drug-likeness (QED) is 0.867. The maximum atomic E-state index is 12.0. The third-order valence-corrected chi connectivity index (χ3v) is 4.14. The summed E-state index contributed by atoms with van der Waals surface area (Å²) in [7, 11) is 0. The van der Waals surface area contributed by atoms with Crippen LogP contribution >= 0.6 is 11.5 Å². The molecule has 0 saturated carbocycles. The molecule has 3 amide bonds. The molecule has 1 aliphatic heterocycles. The van der Waals surface area contributed by atoms with E-state index in [0.717, 1.165) is 10.7 Å². The molecule has 2 heterocycles. The van der Waals surface area contributed by atoms with Crippen molar-refractivity contribution in [3.05, 3.63) is 11.8 Å². The lowest BCUT2D eigenvalue weighted by molar-refractivity contribution is 0.0202. The Hall–Kier alpha value is -1.83. The van der Waals surface area contributed by atoms with Crippen LogP contribution in [0.3, 0.4) is 0 Å². The smallest absolute Gasteiger partial charge is 0.410 e. The monoisotopic (exact) mass is 340 g/mol. The van der Waals surface area contributed by atoms with E-state index < -0.39 is 5.60 Å². The topological polar surface area (TPSA) is 83.6 Å². The van der Waals surface area contributed by atoms with E-state index in [0.29, 0.717) is 25.9 Å². The summed E-state index contributed by atoms with van der Waals surface area (Å²) in [5, 5.41) is 6.44. The molecule has 0 bridgehead atoms. The lowest BCUT2D eigenvalue weighted by atomic mass is 10.1. The van der Waals surface area contributed by atoms with Gasteiger partial charge in [0.15, 0.2) is 0 Å². The molecule has 23 heavy (non-hydrogen) atoms. The molecule has 2 rings (SSSR count). The Morgan fingerprint density at radius 1 is 1.35 bits per heavy atom. The molecule has 0 spiro atoms. The summed E-state index contributed by atoms with van der Waals surface area (Å²) < 4.78 is 9.47. The highest BCUT2D eigenvalue weighted by atomic mass is 32.1. The number of piperidine rings is 1. The van der Waals surface area contributed by atoms with Crippen LogP contribution in [0.1, 0.15) is 39.3 Å². The number of anilines is 1. The summed E-state index contributed by atoms with van der Waals surface area (Å²) in [6, 6.07) is 1.65. The van der Waals surface area contributed by atoms with Crippen molar-refractivity contribution in [2.75, 3.05) is 18.4 Å². The highest BCUT2D eigenvalue weighted by Gasteiger charge is 2.27. The number of ether oxygens (including phenoxy) is 1. The van der Waals surface area contributed by atoms with Gasteiger partial charge < -0.3 is 15.0 Å². The number of aromatic nitrogens is 1. The number of urea groups is 1. The first-order valence-electron chi connectivity index (χ1n) is 7.72. The molecule has 8 heteroatoms. The number of carbonyl (C=O) groups is 2. The van der Waals surface area contributed by atoms with Gasteiger partial charge in [-0.2, -0.15) is 4.37 Å². The van der Waals surface area contributed by atoms with Crippen LogP contribution < -0.4 is 10.6 Å². The van der Waals surface area contributed by atoms with Crippen molar-refractivity contribution in [2.45, 2.75) is 52.2 Å². The second-order valence-electron chi connectivity index (χ2n) is 6.67. The Balaban J connectivity index is 1.74. The van der Waals surface area contributed by atoms with Gasteiger partial charge in [0.25, 0.3) is 0 Å². The molecule has 7 nitrogen and oxygen atoms in total. The van der Waals surface area contributed by atoms with E-state index in [2.05, 4.69) is 15.0 Å². The van der Waals surface area contributed by atoms with Crippen LogP contribution in [-0.4, -0.2) is 46.1 Å². The fourth-order valence-electron chi connectivity index (χ4n) is 2.29. The first kappa shape index (κ1) is 17.5. The first-order valence-corrected chi connectivity index (χ1v) is 8.49. The predicted octanol–water partition coefficient (Wildman–Crippen LogP) is 2.97. The third kappa shape index (κ3) is 5.70. The summed E-state index contributed by atoms with van der Waals surface area (Å²) in [6.45, 7) is 8.60. The van der Waals surface area contributed by atoms with Gasteiger partial charge in [0.05, 0.1) is 5.69 Å². The van der Waals surface area contributed by atoms with E-state index in [1.54, 1.807) is 4.90 Å². The van der Waals surface area contributed by atoms with Gasteiger partial charge in [0, 0.05) is 19.1 Å². The van der Waals surface area contributed by atoms with E-state index in [-0.39, 0.29) is 18.2 Å². The van der Waals surface area contributed by atoms with Crippen molar-refractivity contribution in [1.29, 1.82) is 0 Å². The van der Waals surface area contributed by atoms with E-state index in [1.807, 2.05) is 33.8 Å². The average molecular weight is 340 g/mol. The summed E-state index contributed by atoms with van der Waals surface area (Å²) in [6.07, 6.45) is 1.14. The third-order valence-electron chi connectivity index (χ3n) is 3.35. The summed E-state index contributed by atoms with van der Waals surface area (Å²) >= 11 is 1.26. The molecule has 1 aromatic rings. The Bertz CT molecular complexity index is 559. The molecule has 1 aromatic heterocycles. The van der Waals surface area contributed by atoms with Gasteiger partial charge in [-0.25, -0.2) is 9.59 Å². The van der Waals surface area contributed by atoms with E-state index in [1.165, 1.54) is 11.5 Å². The number of aryl methyl sites for hydroxylation is 1. The van der Waals surface area contributed by atoms with Crippen molar-refractivity contribution in [3.8, 4) is 0 Å². The SMILES string of the molecule is Cc1cc(NC(=O)NC2CCN(C(=O)OC(C)(C)C)CC2)sn1. The van der Waals surface area contributed by atoms with Crippen LogP contribution in [-0.2, 0) is 4.74 Å². The Morgan fingerprint density at radius 3 is 2.52 bits per heavy atom. The van der Waals surface area contributed by atoms with Gasteiger partial charge >= 0.3 is 12.1 Å². The Kier molecular flexibility index (Phi) is 5.46. The van der Waals surface area contributed by atoms with Gasteiger partial charge in [0.2, 0.25) is 0 Å². The lowest BCUT2D eigenvalue weighted by Crippen LogP contribution is -2.48. The molecule has 0 aliphatic carbocycles. The molecular formula is C15H24N4O3S. The molecule has 0 aromatic carbocycles. The van der Waals surface area contributed by atoms with Crippen molar-refractivity contribution >= 4 is 28.7 Å². The molecule has 1 fully saturated rings. The number of rotatable bonds is 2. The van der Waals surface area contributed by atoms with Gasteiger partial charge in [0.1, 0.15) is 10.6 Å². The number of hydrogen-bond donors (Lipinski definition) is 2. The van der Waals surface area contributed by atoms with Crippen LogP contribution in [0.2, 0.25) is 0 Å². The molecule has 0 atom stereocenters. The molecule has 1 saturated heterocycles. The Morgan fingerprint density at radius 2 is 2.00 bits per heavy atom. The first-order chi connectivity index (χ1) is 10.7. The molecule has 0 unspecified atom stereocenters. The van der Waals surface area contributed by atoms with Crippen molar-refractivity contribution < 1.29 is 14.3 Å². The fourth-order valence-corrected chi connectivity index (χ4v) is 2.95. The summed E-state index contributed by atoms with van der Waals surface area (Å²) in [5.74, 6) is 0. The van der Waals surface area contributed by atoms with E-state index >= 15 is 0 Å².